The lowest BCUT2D eigenvalue weighted by Crippen LogP contribution is -2.14. The molecule has 92 valence electrons. The van der Waals surface area contributed by atoms with Gasteiger partial charge in [-0.05, 0) is 22.0 Å². The molecule has 0 radical (unpaired) electrons. The summed E-state index contributed by atoms with van der Waals surface area (Å²) in [6.45, 7) is 1.27. The van der Waals surface area contributed by atoms with Gasteiger partial charge in [0.1, 0.15) is 10.5 Å². The first kappa shape index (κ1) is 12.0. The Morgan fingerprint density at radius 1 is 1.39 bits per heavy atom. The van der Waals surface area contributed by atoms with Gasteiger partial charge < -0.3 is 9.72 Å². The van der Waals surface area contributed by atoms with E-state index in [2.05, 4.69) is 30.9 Å². The summed E-state index contributed by atoms with van der Waals surface area (Å²) in [5.74, 6) is 0.759. The van der Waals surface area contributed by atoms with Crippen molar-refractivity contribution in [2.45, 2.75) is 13.0 Å². The average Bonchev–Trinajstić information content (AvgIpc) is 2.39. The molecule has 0 saturated heterocycles. The van der Waals surface area contributed by atoms with Crippen molar-refractivity contribution in [3.05, 3.63) is 38.8 Å². The zero-order valence-electron chi connectivity index (χ0n) is 9.44. The van der Waals surface area contributed by atoms with Crippen LogP contribution >= 0.6 is 28.1 Å². The number of nitrogens with one attached hydrogen (secondary N) is 1. The van der Waals surface area contributed by atoms with Gasteiger partial charge in [-0.25, -0.2) is 4.98 Å². The number of fused-ring (bicyclic) bond motifs is 1. The highest BCUT2D eigenvalue weighted by atomic mass is 79.9. The van der Waals surface area contributed by atoms with Crippen LogP contribution in [0, 0.1) is 4.64 Å². The summed E-state index contributed by atoms with van der Waals surface area (Å²) in [4.78, 5) is 11.9. The number of H-pyrrole nitrogens is 1. The van der Waals surface area contributed by atoms with E-state index in [-0.39, 0.29) is 0 Å². The zero-order valence-corrected chi connectivity index (χ0v) is 11.8. The van der Waals surface area contributed by atoms with Crippen LogP contribution in [0.3, 0.4) is 0 Å². The highest BCUT2D eigenvalue weighted by molar-refractivity contribution is 9.10. The lowest BCUT2D eigenvalue weighted by atomic mass is 10.1. The minimum Gasteiger partial charge on any atom is -0.376 e. The van der Waals surface area contributed by atoms with Crippen LogP contribution in [-0.2, 0) is 17.8 Å². The number of halogens is 1. The van der Waals surface area contributed by atoms with E-state index >= 15 is 0 Å². The first-order valence-corrected chi connectivity index (χ1v) is 6.75. The Hall–Kier alpha value is -1.11. The third kappa shape index (κ3) is 2.23. The predicted octanol–water partition coefficient (Wildman–Crippen LogP) is 3.04. The predicted molar refractivity (Wildman–Crippen MR) is 73.7 cm³/mol. The standard InChI is InChI=1S/C12H10BrN3OS/c13-8-3-7(4-14-5-8)11-15-10-1-2-17-6-9(10)12(18)16-11/h3-5H,1-2,6H2,(H,15,16,18). The van der Waals surface area contributed by atoms with Gasteiger partial charge in [-0.3, -0.25) is 4.98 Å². The van der Waals surface area contributed by atoms with Crippen LogP contribution in [0.15, 0.2) is 22.9 Å². The van der Waals surface area contributed by atoms with Crippen LogP contribution < -0.4 is 0 Å². The molecule has 3 rings (SSSR count). The smallest absolute Gasteiger partial charge is 0.140 e. The second kappa shape index (κ2) is 4.87. The lowest BCUT2D eigenvalue weighted by Gasteiger charge is -2.17. The van der Waals surface area contributed by atoms with Crippen molar-refractivity contribution < 1.29 is 4.74 Å². The maximum atomic E-state index is 5.39. The van der Waals surface area contributed by atoms with Crippen molar-refractivity contribution in [3.63, 3.8) is 0 Å². The summed E-state index contributed by atoms with van der Waals surface area (Å²) < 4.78 is 6.92. The number of aromatic amines is 1. The Morgan fingerprint density at radius 2 is 2.28 bits per heavy atom. The quantitative estimate of drug-likeness (QED) is 0.819. The molecule has 0 amide bonds. The van der Waals surface area contributed by atoms with Gasteiger partial charge in [-0.2, -0.15) is 0 Å². The molecule has 2 aromatic rings. The van der Waals surface area contributed by atoms with Crippen molar-refractivity contribution in [1.29, 1.82) is 0 Å². The topological polar surface area (TPSA) is 50.8 Å². The number of pyridine rings is 1. The molecule has 2 aromatic heterocycles. The molecule has 0 unspecified atom stereocenters. The Kier molecular flexibility index (Phi) is 3.23. The lowest BCUT2D eigenvalue weighted by molar-refractivity contribution is 0.108. The van der Waals surface area contributed by atoms with Crippen LogP contribution in [0.1, 0.15) is 11.3 Å². The molecule has 1 aliphatic heterocycles. The van der Waals surface area contributed by atoms with Gasteiger partial charge in [-0.15, -0.1) is 0 Å². The Bertz CT molecular complexity index is 656. The maximum absolute atomic E-state index is 5.39. The Morgan fingerprint density at radius 3 is 3.11 bits per heavy atom. The summed E-state index contributed by atoms with van der Waals surface area (Å²) >= 11 is 8.72. The normalized spacial score (nSPS) is 14.3. The number of rotatable bonds is 1. The van der Waals surface area contributed by atoms with Crippen LogP contribution in [-0.4, -0.2) is 21.6 Å². The number of hydrogen-bond donors (Lipinski definition) is 1. The Balaban J connectivity index is 2.14. The van der Waals surface area contributed by atoms with Gasteiger partial charge in [0.05, 0.1) is 13.2 Å². The SMILES string of the molecule is S=c1nc(-c2cncc(Br)c2)[nH]c2c1COCC2. The Labute approximate surface area is 118 Å². The van der Waals surface area contributed by atoms with Crippen LogP contribution in [0.5, 0.6) is 0 Å². The monoisotopic (exact) mass is 323 g/mol. The molecular weight excluding hydrogens is 314 g/mol. The third-order valence-corrected chi connectivity index (χ3v) is 3.60. The summed E-state index contributed by atoms with van der Waals surface area (Å²) in [5.41, 5.74) is 3.05. The van der Waals surface area contributed by atoms with Crippen molar-refractivity contribution in [2.75, 3.05) is 6.61 Å². The molecule has 6 heteroatoms. The number of aromatic nitrogens is 3. The van der Waals surface area contributed by atoms with Crippen LogP contribution in [0.25, 0.3) is 11.4 Å². The summed E-state index contributed by atoms with van der Waals surface area (Å²) in [7, 11) is 0. The summed E-state index contributed by atoms with van der Waals surface area (Å²) in [6, 6.07) is 1.96. The van der Waals surface area contributed by atoms with Gasteiger partial charge in [0.15, 0.2) is 0 Å². The molecule has 0 fully saturated rings. The minimum absolute atomic E-state index is 0.550. The molecule has 0 aromatic carbocycles. The molecule has 1 aliphatic rings. The highest BCUT2D eigenvalue weighted by Crippen LogP contribution is 2.22. The molecule has 0 saturated carbocycles. The molecule has 4 nitrogen and oxygen atoms in total. The van der Waals surface area contributed by atoms with Crippen molar-refractivity contribution >= 4 is 28.1 Å². The van der Waals surface area contributed by atoms with Crippen molar-refractivity contribution in [2.24, 2.45) is 0 Å². The van der Waals surface area contributed by atoms with E-state index in [1.807, 2.05) is 6.07 Å². The van der Waals surface area contributed by atoms with E-state index in [4.69, 9.17) is 17.0 Å². The van der Waals surface area contributed by atoms with Crippen LogP contribution in [0.4, 0.5) is 0 Å². The number of ether oxygens (including phenoxy) is 1. The van der Waals surface area contributed by atoms with E-state index in [1.165, 1.54) is 0 Å². The van der Waals surface area contributed by atoms with E-state index in [0.29, 0.717) is 11.2 Å². The first-order valence-electron chi connectivity index (χ1n) is 5.55. The maximum Gasteiger partial charge on any atom is 0.140 e. The fourth-order valence-corrected chi connectivity index (χ4v) is 2.57. The van der Waals surface area contributed by atoms with Gasteiger partial charge in [-0.1, -0.05) is 12.2 Å². The van der Waals surface area contributed by atoms with Crippen LogP contribution in [0.2, 0.25) is 0 Å². The van der Waals surface area contributed by atoms with Crippen molar-refractivity contribution in [1.82, 2.24) is 15.0 Å². The molecule has 0 atom stereocenters. The second-order valence-electron chi connectivity index (χ2n) is 4.04. The average molecular weight is 324 g/mol. The first-order chi connectivity index (χ1) is 8.74. The summed E-state index contributed by atoms with van der Waals surface area (Å²) in [5, 5.41) is 0. The molecule has 1 N–H and O–H groups in total. The van der Waals surface area contributed by atoms with Gasteiger partial charge >= 0.3 is 0 Å². The fraction of sp³-hybridized carbons (Fsp3) is 0.250. The largest absolute Gasteiger partial charge is 0.376 e. The minimum atomic E-state index is 0.550. The molecule has 0 aliphatic carbocycles. The molecule has 3 heterocycles. The molecule has 0 spiro atoms. The zero-order chi connectivity index (χ0) is 12.5. The highest BCUT2D eigenvalue weighted by Gasteiger charge is 2.14. The van der Waals surface area contributed by atoms with E-state index in [9.17, 15) is 0 Å². The number of hydrogen-bond acceptors (Lipinski definition) is 4. The van der Waals surface area contributed by atoms with Gasteiger partial charge in [0, 0.05) is 40.1 Å². The summed E-state index contributed by atoms with van der Waals surface area (Å²) in [6.07, 6.45) is 4.35. The second-order valence-corrected chi connectivity index (χ2v) is 5.34. The van der Waals surface area contributed by atoms with E-state index in [1.54, 1.807) is 12.4 Å². The molecule has 18 heavy (non-hydrogen) atoms. The molecular formula is C12H10BrN3OS. The van der Waals surface area contributed by atoms with Gasteiger partial charge in [0.25, 0.3) is 0 Å². The van der Waals surface area contributed by atoms with E-state index < -0.39 is 0 Å². The fourth-order valence-electron chi connectivity index (χ4n) is 1.93. The molecule has 0 bridgehead atoms. The number of nitrogens with zero attached hydrogens (tertiary/aromatic N) is 2. The van der Waals surface area contributed by atoms with Crippen molar-refractivity contribution in [3.8, 4) is 11.4 Å². The van der Waals surface area contributed by atoms with E-state index in [0.717, 1.165) is 40.1 Å². The van der Waals surface area contributed by atoms with Gasteiger partial charge in [0.2, 0.25) is 0 Å². The third-order valence-electron chi connectivity index (χ3n) is 2.83.